The van der Waals surface area contributed by atoms with Gasteiger partial charge in [-0.1, -0.05) is 6.92 Å². The molecule has 1 aromatic heterocycles. The van der Waals surface area contributed by atoms with Gasteiger partial charge in [0.25, 0.3) is 0 Å². The SMILES string of the molecule is CCc1nc(CN2CCCC(C(C)N)C2)cs1. The second-order valence-electron chi connectivity index (χ2n) is 5.08. The van der Waals surface area contributed by atoms with Crippen LogP contribution in [0.1, 0.15) is 37.4 Å². The Hall–Kier alpha value is -0.450. The van der Waals surface area contributed by atoms with Crippen LogP contribution in [-0.4, -0.2) is 29.0 Å². The predicted octanol–water partition coefficient (Wildman–Crippen LogP) is 2.26. The van der Waals surface area contributed by atoms with Gasteiger partial charge in [0.1, 0.15) is 0 Å². The van der Waals surface area contributed by atoms with Crippen LogP contribution in [0, 0.1) is 5.92 Å². The molecule has 17 heavy (non-hydrogen) atoms. The number of nitrogens with two attached hydrogens (primary N) is 1. The first-order valence-electron chi connectivity index (χ1n) is 6.60. The Balaban J connectivity index is 1.90. The Bertz CT molecular complexity index is 348. The van der Waals surface area contributed by atoms with Gasteiger partial charge < -0.3 is 5.73 Å². The zero-order valence-electron chi connectivity index (χ0n) is 10.9. The maximum absolute atomic E-state index is 6.01. The van der Waals surface area contributed by atoms with E-state index in [1.54, 1.807) is 11.3 Å². The van der Waals surface area contributed by atoms with Gasteiger partial charge in [0.15, 0.2) is 0 Å². The summed E-state index contributed by atoms with van der Waals surface area (Å²) in [5.74, 6) is 0.660. The van der Waals surface area contributed by atoms with Gasteiger partial charge >= 0.3 is 0 Å². The van der Waals surface area contributed by atoms with E-state index in [9.17, 15) is 0 Å². The molecule has 2 unspecified atom stereocenters. The highest BCUT2D eigenvalue weighted by Gasteiger charge is 2.22. The molecule has 1 fully saturated rings. The topological polar surface area (TPSA) is 42.2 Å². The summed E-state index contributed by atoms with van der Waals surface area (Å²) in [6.07, 6.45) is 3.61. The molecule has 0 spiro atoms. The molecule has 3 nitrogen and oxygen atoms in total. The van der Waals surface area contributed by atoms with E-state index >= 15 is 0 Å². The van der Waals surface area contributed by atoms with Crippen molar-refractivity contribution < 1.29 is 0 Å². The second kappa shape index (κ2) is 5.94. The zero-order valence-corrected chi connectivity index (χ0v) is 11.7. The van der Waals surface area contributed by atoms with E-state index in [4.69, 9.17) is 5.73 Å². The third-order valence-electron chi connectivity index (χ3n) is 3.57. The normalized spacial score (nSPS) is 23.8. The first kappa shape index (κ1) is 13.0. The van der Waals surface area contributed by atoms with Gasteiger partial charge in [-0.25, -0.2) is 4.98 Å². The third-order valence-corrected chi connectivity index (χ3v) is 4.61. The number of thiazole rings is 1. The van der Waals surface area contributed by atoms with Crippen molar-refractivity contribution in [3.05, 3.63) is 16.1 Å². The molecule has 96 valence electrons. The highest BCUT2D eigenvalue weighted by molar-refractivity contribution is 7.09. The summed E-state index contributed by atoms with van der Waals surface area (Å²) in [5.41, 5.74) is 7.24. The summed E-state index contributed by atoms with van der Waals surface area (Å²) >= 11 is 1.78. The van der Waals surface area contributed by atoms with Gasteiger partial charge in [-0.2, -0.15) is 0 Å². The number of rotatable bonds is 4. The fraction of sp³-hybridized carbons (Fsp3) is 0.769. The summed E-state index contributed by atoms with van der Waals surface area (Å²) in [6.45, 7) is 7.63. The van der Waals surface area contributed by atoms with Gasteiger partial charge in [-0.3, -0.25) is 4.90 Å². The average molecular weight is 253 g/mol. The molecule has 0 saturated carbocycles. The first-order valence-corrected chi connectivity index (χ1v) is 7.48. The Kier molecular flexibility index (Phi) is 4.54. The monoisotopic (exact) mass is 253 g/mol. The van der Waals surface area contributed by atoms with E-state index in [2.05, 4.69) is 29.1 Å². The molecule has 0 aromatic carbocycles. The van der Waals surface area contributed by atoms with Crippen molar-refractivity contribution in [2.75, 3.05) is 13.1 Å². The molecule has 1 aliphatic heterocycles. The van der Waals surface area contributed by atoms with Crippen molar-refractivity contribution in [1.82, 2.24) is 9.88 Å². The molecule has 0 amide bonds. The van der Waals surface area contributed by atoms with Gasteiger partial charge in [0.05, 0.1) is 10.7 Å². The molecule has 1 aliphatic rings. The predicted molar refractivity (Wildman–Crippen MR) is 73.1 cm³/mol. The van der Waals surface area contributed by atoms with E-state index in [-0.39, 0.29) is 0 Å². The molecule has 0 radical (unpaired) electrons. The van der Waals surface area contributed by atoms with Gasteiger partial charge in [-0.15, -0.1) is 11.3 Å². The van der Waals surface area contributed by atoms with Crippen molar-refractivity contribution in [2.45, 2.75) is 45.7 Å². The molecule has 1 aromatic rings. The average Bonchev–Trinajstić information content (AvgIpc) is 2.77. The number of hydrogen-bond donors (Lipinski definition) is 1. The van der Waals surface area contributed by atoms with Crippen LogP contribution in [0.15, 0.2) is 5.38 Å². The third kappa shape index (κ3) is 3.50. The molecular formula is C13H23N3S. The van der Waals surface area contributed by atoms with Gasteiger partial charge in [0, 0.05) is 24.5 Å². The highest BCUT2D eigenvalue weighted by Crippen LogP contribution is 2.21. The van der Waals surface area contributed by atoms with E-state index < -0.39 is 0 Å². The molecular weight excluding hydrogens is 230 g/mol. The number of hydrogen-bond acceptors (Lipinski definition) is 4. The summed E-state index contributed by atoms with van der Waals surface area (Å²) in [5, 5.41) is 3.45. The zero-order chi connectivity index (χ0) is 12.3. The largest absolute Gasteiger partial charge is 0.328 e. The van der Waals surface area contributed by atoms with Gasteiger partial charge in [-0.05, 0) is 38.6 Å². The quantitative estimate of drug-likeness (QED) is 0.895. The summed E-state index contributed by atoms with van der Waals surface area (Å²) in [7, 11) is 0. The lowest BCUT2D eigenvalue weighted by Gasteiger charge is -2.34. The molecule has 2 N–H and O–H groups in total. The molecule has 4 heteroatoms. The lowest BCUT2D eigenvalue weighted by molar-refractivity contribution is 0.153. The van der Waals surface area contributed by atoms with E-state index in [1.165, 1.54) is 30.1 Å². The van der Waals surface area contributed by atoms with Crippen molar-refractivity contribution in [1.29, 1.82) is 0 Å². The van der Waals surface area contributed by atoms with Crippen LogP contribution in [0.4, 0.5) is 0 Å². The van der Waals surface area contributed by atoms with Gasteiger partial charge in [0.2, 0.25) is 0 Å². The number of nitrogens with zero attached hydrogens (tertiary/aromatic N) is 2. The Morgan fingerprint density at radius 3 is 3.12 bits per heavy atom. The van der Waals surface area contributed by atoms with Crippen LogP contribution in [-0.2, 0) is 13.0 Å². The number of aryl methyl sites for hydroxylation is 1. The summed E-state index contributed by atoms with van der Waals surface area (Å²) in [6, 6.07) is 0.319. The minimum Gasteiger partial charge on any atom is -0.328 e. The van der Waals surface area contributed by atoms with Crippen LogP contribution in [0.5, 0.6) is 0 Å². The number of aromatic nitrogens is 1. The van der Waals surface area contributed by atoms with Crippen LogP contribution in [0.3, 0.4) is 0 Å². The van der Waals surface area contributed by atoms with Crippen LogP contribution in [0.2, 0.25) is 0 Å². The fourth-order valence-electron chi connectivity index (χ4n) is 2.48. The maximum atomic E-state index is 6.01. The lowest BCUT2D eigenvalue weighted by atomic mass is 9.92. The maximum Gasteiger partial charge on any atom is 0.0926 e. The number of likely N-dealkylation sites (tertiary alicyclic amines) is 1. The Labute approximate surface area is 108 Å². The minimum atomic E-state index is 0.319. The minimum absolute atomic E-state index is 0.319. The summed E-state index contributed by atoms with van der Waals surface area (Å²) < 4.78 is 0. The van der Waals surface area contributed by atoms with Crippen molar-refractivity contribution in [3.63, 3.8) is 0 Å². The summed E-state index contributed by atoms with van der Waals surface area (Å²) in [4.78, 5) is 7.14. The van der Waals surface area contributed by atoms with Crippen LogP contribution < -0.4 is 5.73 Å². The molecule has 2 atom stereocenters. The van der Waals surface area contributed by atoms with E-state index in [0.717, 1.165) is 19.5 Å². The first-order chi connectivity index (χ1) is 8.19. The van der Waals surface area contributed by atoms with Crippen molar-refractivity contribution >= 4 is 11.3 Å². The molecule has 2 heterocycles. The Morgan fingerprint density at radius 1 is 1.65 bits per heavy atom. The molecule has 0 bridgehead atoms. The number of piperidine rings is 1. The Morgan fingerprint density at radius 2 is 2.47 bits per heavy atom. The van der Waals surface area contributed by atoms with Crippen LogP contribution in [0.25, 0.3) is 0 Å². The fourth-order valence-corrected chi connectivity index (χ4v) is 3.21. The van der Waals surface area contributed by atoms with Crippen LogP contribution >= 0.6 is 11.3 Å². The lowest BCUT2D eigenvalue weighted by Crippen LogP contribution is -2.41. The molecule has 2 rings (SSSR count). The smallest absolute Gasteiger partial charge is 0.0926 e. The molecule has 1 saturated heterocycles. The molecule has 0 aliphatic carbocycles. The standard InChI is InChI=1S/C13H23N3S/c1-3-13-15-12(9-17-13)8-16-6-4-5-11(7-16)10(2)14/h9-11H,3-8,14H2,1-2H3. The van der Waals surface area contributed by atoms with Crippen molar-refractivity contribution in [3.8, 4) is 0 Å². The van der Waals surface area contributed by atoms with E-state index in [0.29, 0.717) is 12.0 Å². The van der Waals surface area contributed by atoms with Crippen molar-refractivity contribution in [2.24, 2.45) is 11.7 Å². The highest BCUT2D eigenvalue weighted by atomic mass is 32.1. The second-order valence-corrected chi connectivity index (χ2v) is 6.03. The van der Waals surface area contributed by atoms with E-state index in [1.807, 2.05) is 0 Å².